The van der Waals surface area contributed by atoms with Crippen molar-refractivity contribution in [2.45, 2.75) is 32.1 Å². The Bertz CT molecular complexity index is 576. The molecule has 1 aliphatic heterocycles. The molecule has 1 aromatic rings. The summed E-state index contributed by atoms with van der Waals surface area (Å²) in [7, 11) is 1.84. The van der Waals surface area contributed by atoms with Crippen molar-refractivity contribution < 1.29 is 14.0 Å². The van der Waals surface area contributed by atoms with Crippen molar-refractivity contribution in [1.82, 2.24) is 10.2 Å². The number of nitrogens with one attached hydrogen (secondary N) is 1. The highest BCUT2D eigenvalue weighted by atomic mass is 16.3. The van der Waals surface area contributed by atoms with E-state index in [4.69, 9.17) is 4.42 Å². The van der Waals surface area contributed by atoms with Crippen molar-refractivity contribution in [1.29, 1.82) is 0 Å². The van der Waals surface area contributed by atoms with Gasteiger partial charge in [-0.3, -0.25) is 9.59 Å². The van der Waals surface area contributed by atoms with Crippen LogP contribution < -0.4 is 5.32 Å². The van der Waals surface area contributed by atoms with Gasteiger partial charge in [-0.1, -0.05) is 6.08 Å². The topological polar surface area (TPSA) is 62.6 Å². The van der Waals surface area contributed by atoms with Gasteiger partial charge in [0.05, 0.1) is 6.26 Å². The molecular weight excluding hydrogens is 268 g/mol. The van der Waals surface area contributed by atoms with E-state index in [1.807, 2.05) is 7.05 Å². The molecule has 2 amide bonds. The number of hydrogen-bond donors (Lipinski definition) is 1. The highest BCUT2D eigenvalue weighted by Crippen LogP contribution is 2.45. The molecule has 0 spiro atoms. The molecular formula is C16H20N2O3. The predicted octanol–water partition coefficient (Wildman–Crippen LogP) is 2.32. The van der Waals surface area contributed by atoms with Crippen LogP contribution >= 0.6 is 0 Å². The minimum atomic E-state index is -0.196. The number of furan rings is 1. The van der Waals surface area contributed by atoms with Crippen LogP contribution in [0.5, 0.6) is 0 Å². The molecule has 3 rings (SSSR count). The van der Waals surface area contributed by atoms with Gasteiger partial charge in [-0.25, -0.2) is 0 Å². The molecule has 0 bridgehead atoms. The fraction of sp³-hybridized carbons (Fsp3) is 0.500. The van der Waals surface area contributed by atoms with Crippen LogP contribution in [0.25, 0.3) is 0 Å². The van der Waals surface area contributed by atoms with Crippen LogP contribution in [0.2, 0.25) is 0 Å². The fourth-order valence-corrected chi connectivity index (χ4v) is 3.43. The molecule has 1 N–H and O–H groups in total. The smallest absolute Gasteiger partial charge is 0.287 e. The first kappa shape index (κ1) is 13.9. The third-order valence-corrected chi connectivity index (χ3v) is 4.63. The van der Waals surface area contributed by atoms with E-state index in [-0.39, 0.29) is 17.2 Å². The Morgan fingerprint density at radius 3 is 3.10 bits per heavy atom. The average Bonchev–Trinajstić information content (AvgIpc) is 3.04. The van der Waals surface area contributed by atoms with E-state index in [1.54, 1.807) is 17.0 Å². The van der Waals surface area contributed by atoms with Crippen molar-refractivity contribution in [3.8, 4) is 0 Å². The summed E-state index contributed by atoms with van der Waals surface area (Å²) in [5.74, 6) is 0.294. The van der Waals surface area contributed by atoms with E-state index in [0.717, 1.165) is 31.4 Å². The first-order valence-corrected chi connectivity index (χ1v) is 7.41. The Morgan fingerprint density at radius 1 is 1.48 bits per heavy atom. The van der Waals surface area contributed by atoms with Gasteiger partial charge in [0.25, 0.3) is 5.91 Å². The minimum absolute atomic E-state index is 0.108. The molecule has 1 saturated heterocycles. The zero-order chi connectivity index (χ0) is 14.9. The quantitative estimate of drug-likeness (QED) is 0.928. The Labute approximate surface area is 124 Å². The lowest BCUT2D eigenvalue weighted by molar-refractivity contribution is -0.132. The lowest BCUT2D eigenvalue weighted by Gasteiger charge is -2.46. The number of allylic oxidation sites excluding steroid dienone is 1. The zero-order valence-electron chi connectivity index (χ0n) is 12.2. The number of carbonyl (C=O) groups excluding carboxylic acids is 2. The molecule has 5 nitrogen and oxygen atoms in total. The monoisotopic (exact) mass is 288 g/mol. The van der Waals surface area contributed by atoms with E-state index in [0.29, 0.717) is 18.7 Å². The lowest BCUT2D eigenvalue weighted by atomic mass is 9.70. The molecule has 0 saturated carbocycles. The Balaban J connectivity index is 1.76. The molecule has 1 aliphatic carbocycles. The van der Waals surface area contributed by atoms with Crippen LogP contribution in [-0.4, -0.2) is 30.3 Å². The molecule has 1 atom stereocenters. The minimum Gasteiger partial charge on any atom is -0.459 e. The van der Waals surface area contributed by atoms with Crippen LogP contribution in [0.4, 0.5) is 0 Å². The van der Waals surface area contributed by atoms with Crippen molar-refractivity contribution in [3.63, 3.8) is 0 Å². The van der Waals surface area contributed by atoms with Gasteiger partial charge in [0.2, 0.25) is 5.91 Å². The number of hydrogen-bond acceptors (Lipinski definition) is 3. The largest absolute Gasteiger partial charge is 0.459 e. The summed E-state index contributed by atoms with van der Waals surface area (Å²) < 4.78 is 5.12. The van der Waals surface area contributed by atoms with Crippen LogP contribution in [0.3, 0.4) is 0 Å². The van der Waals surface area contributed by atoms with Crippen LogP contribution in [0.15, 0.2) is 34.6 Å². The summed E-state index contributed by atoms with van der Waals surface area (Å²) >= 11 is 0. The van der Waals surface area contributed by atoms with E-state index < -0.39 is 0 Å². The van der Waals surface area contributed by atoms with Gasteiger partial charge >= 0.3 is 0 Å². The van der Waals surface area contributed by atoms with Crippen molar-refractivity contribution in [2.75, 3.05) is 13.6 Å². The second-order valence-corrected chi connectivity index (χ2v) is 5.87. The summed E-state index contributed by atoms with van der Waals surface area (Å²) in [5.41, 5.74) is 0.966. The van der Waals surface area contributed by atoms with Gasteiger partial charge in [-0.05, 0) is 37.8 Å². The third kappa shape index (κ3) is 2.48. The first-order valence-electron chi connectivity index (χ1n) is 7.41. The van der Waals surface area contributed by atoms with E-state index in [9.17, 15) is 9.59 Å². The lowest BCUT2D eigenvalue weighted by Crippen LogP contribution is -2.49. The van der Waals surface area contributed by atoms with Crippen LogP contribution in [-0.2, 0) is 4.79 Å². The number of nitrogens with zero attached hydrogens (tertiary/aromatic N) is 1. The number of rotatable bonds is 3. The maximum atomic E-state index is 12.1. The maximum absolute atomic E-state index is 12.1. The zero-order valence-corrected chi connectivity index (χ0v) is 12.2. The van der Waals surface area contributed by atoms with Gasteiger partial charge in [0.15, 0.2) is 5.76 Å². The van der Waals surface area contributed by atoms with Gasteiger partial charge in [0.1, 0.15) is 0 Å². The summed E-state index contributed by atoms with van der Waals surface area (Å²) in [6, 6.07) is 3.35. The molecule has 0 radical (unpaired) electrons. The summed E-state index contributed by atoms with van der Waals surface area (Å²) in [6.45, 7) is 0.552. The van der Waals surface area contributed by atoms with Crippen molar-refractivity contribution in [3.05, 3.63) is 35.9 Å². The van der Waals surface area contributed by atoms with Crippen LogP contribution in [0, 0.1) is 5.41 Å². The number of amides is 2. The molecule has 5 heteroatoms. The van der Waals surface area contributed by atoms with E-state index in [1.165, 1.54) is 6.26 Å². The Morgan fingerprint density at radius 2 is 2.33 bits per heavy atom. The highest BCUT2D eigenvalue weighted by molar-refractivity contribution is 5.91. The van der Waals surface area contributed by atoms with Crippen molar-refractivity contribution >= 4 is 11.8 Å². The highest BCUT2D eigenvalue weighted by Gasteiger charge is 2.43. The normalized spacial score (nSPS) is 25.3. The maximum Gasteiger partial charge on any atom is 0.287 e. The molecule has 112 valence electrons. The van der Waals surface area contributed by atoms with Gasteiger partial charge < -0.3 is 14.6 Å². The number of likely N-dealkylation sites (tertiary alicyclic amines) is 1. The van der Waals surface area contributed by atoms with E-state index in [2.05, 4.69) is 11.4 Å². The SMILES string of the molecule is CN1C(=O)CCC2(CNC(=O)c3ccco3)CCCC=C12. The Hall–Kier alpha value is -2.04. The molecule has 2 aliphatic rings. The third-order valence-electron chi connectivity index (χ3n) is 4.63. The molecule has 21 heavy (non-hydrogen) atoms. The molecule has 0 aromatic carbocycles. The average molecular weight is 288 g/mol. The second-order valence-electron chi connectivity index (χ2n) is 5.87. The number of piperidine rings is 1. The predicted molar refractivity (Wildman–Crippen MR) is 77.4 cm³/mol. The standard InChI is InChI=1S/C16H20N2O3/c1-18-13-6-2-3-8-16(13,9-7-14(18)19)11-17-15(20)12-5-4-10-21-12/h4-6,10H,2-3,7-9,11H2,1H3,(H,17,20). The first-order chi connectivity index (χ1) is 10.1. The summed E-state index contributed by atoms with van der Waals surface area (Å²) in [4.78, 5) is 25.7. The van der Waals surface area contributed by atoms with Gasteiger partial charge in [-0.15, -0.1) is 0 Å². The number of carbonyl (C=O) groups is 2. The molecule has 2 heterocycles. The summed E-state index contributed by atoms with van der Waals surface area (Å²) in [5, 5.41) is 2.97. The van der Waals surface area contributed by atoms with Crippen LogP contribution in [0.1, 0.15) is 42.7 Å². The Kier molecular flexibility index (Phi) is 3.57. The van der Waals surface area contributed by atoms with Gasteiger partial charge in [-0.2, -0.15) is 0 Å². The molecule has 1 fully saturated rings. The second kappa shape index (κ2) is 5.39. The molecule has 1 unspecified atom stereocenters. The van der Waals surface area contributed by atoms with Crippen molar-refractivity contribution in [2.24, 2.45) is 5.41 Å². The summed E-state index contributed by atoms with van der Waals surface area (Å²) in [6.07, 6.45) is 8.11. The number of fused-ring (bicyclic) bond motifs is 1. The van der Waals surface area contributed by atoms with Gasteiger partial charge in [0, 0.05) is 31.1 Å². The fourth-order valence-electron chi connectivity index (χ4n) is 3.43. The molecule has 1 aromatic heterocycles. The van der Waals surface area contributed by atoms with E-state index >= 15 is 0 Å².